The van der Waals surface area contributed by atoms with Crippen LogP contribution < -0.4 is 4.74 Å². The molecule has 5 rings (SSSR count). The smallest absolute Gasteiger partial charge is 0.196 e. The van der Waals surface area contributed by atoms with Gasteiger partial charge in [-0.05, 0) is 44.1 Å². The SMILES string of the molecule is CN1CCC23c4c5ccc(CO)c4OC2C(=O)C=C[C@@]3(O)C1C5. The van der Waals surface area contributed by atoms with E-state index < -0.39 is 17.1 Å². The lowest BCUT2D eigenvalue weighted by molar-refractivity contribution is -0.151. The number of aliphatic hydroxyl groups excluding tert-OH is 1. The molecule has 4 aliphatic rings. The molecule has 120 valence electrons. The zero-order valence-electron chi connectivity index (χ0n) is 13.0. The maximum Gasteiger partial charge on any atom is 0.196 e. The molecule has 1 aromatic carbocycles. The van der Waals surface area contributed by atoms with Gasteiger partial charge in [-0.1, -0.05) is 12.1 Å². The van der Waals surface area contributed by atoms with Crippen molar-refractivity contribution in [1.82, 2.24) is 4.90 Å². The van der Waals surface area contributed by atoms with Crippen molar-refractivity contribution in [3.63, 3.8) is 0 Å². The zero-order chi connectivity index (χ0) is 16.0. The summed E-state index contributed by atoms with van der Waals surface area (Å²) in [6.45, 7) is 0.685. The normalized spacial score (nSPS) is 40.0. The summed E-state index contributed by atoms with van der Waals surface area (Å²) in [6, 6.07) is 3.83. The average molecular weight is 313 g/mol. The summed E-state index contributed by atoms with van der Waals surface area (Å²) in [4.78, 5) is 14.7. The predicted octanol–water partition coefficient (Wildman–Crippen LogP) is 0.308. The molecule has 2 bridgehead atoms. The second kappa shape index (κ2) is 4.04. The third kappa shape index (κ3) is 1.30. The number of aliphatic hydroxyl groups is 2. The van der Waals surface area contributed by atoms with Crippen molar-refractivity contribution in [3.8, 4) is 5.75 Å². The third-order valence-electron chi connectivity index (χ3n) is 6.41. The summed E-state index contributed by atoms with van der Waals surface area (Å²) < 4.78 is 6.07. The molecule has 4 atom stereocenters. The van der Waals surface area contributed by atoms with E-state index in [4.69, 9.17) is 4.74 Å². The summed E-state index contributed by atoms with van der Waals surface area (Å²) in [7, 11) is 2.03. The van der Waals surface area contributed by atoms with Crippen molar-refractivity contribution < 1.29 is 19.7 Å². The Hall–Kier alpha value is -1.69. The Morgan fingerprint density at radius 2 is 2.26 bits per heavy atom. The molecule has 0 radical (unpaired) electrons. The van der Waals surface area contributed by atoms with Crippen LogP contribution in [0.25, 0.3) is 0 Å². The first-order valence-corrected chi connectivity index (χ1v) is 8.11. The Labute approximate surface area is 134 Å². The number of nitrogens with zero attached hydrogens (tertiary/aromatic N) is 1. The number of carbonyl (C=O) groups excluding carboxylic acids is 1. The van der Waals surface area contributed by atoms with Crippen LogP contribution in [0.2, 0.25) is 0 Å². The van der Waals surface area contributed by atoms with Gasteiger partial charge in [-0.25, -0.2) is 0 Å². The molecule has 5 heteroatoms. The van der Waals surface area contributed by atoms with E-state index in [2.05, 4.69) is 4.90 Å². The fourth-order valence-corrected chi connectivity index (χ4v) is 5.32. The number of ketones is 1. The van der Waals surface area contributed by atoms with Crippen LogP contribution in [0.3, 0.4) is 0 Å². The molecule has 3 unspecified atom stereocenters. The molecule has 2 aliphatic heterocycles. The lowest BCUT2D eigenvalue weighted by Gasteiger charge is -2.60. The maximum atomic E-state index is 12.5. The third-order valence-corrected chi connectivity index (χ3v) is 6.41. The number of likely N-dealkylation sites (N-methyl/N-ethyl adjacent to an activating group) is 1. The Morgan fingerprint density at radius 3 is 3.04 bits per heavy atom. The van der Waals surface area contributed by atoms with Gasteiger partial charge >= 0.3 is 0 Å². The molecule has 1 saturated heterocycles. The molecule has 5 nitrogen and oxygen atoms in total. The second-order valence-electron chi connectivity index (χ2n) is 7.23. The van der Waals surface area contributed by atoms with Crippen LogP contribution in [0.1, 0.15) is 23.1 Å². The highest BCUT2D eigenvalue weighted by molar-refractivity contribution is 5.98. The number of hydrogen-bond donors (Lipinski definition) is 2. The first-order chi connectivity index (χ1) is 11.0. The molecular weight excluding hydrogens is 294 g/mol. The number of likely N-dealkylation sites (tertiary alicyclic amines) is 1. The van der Waals surface area contributed by atoms with Crippen molar-refractivity contribution in [2.45, 2.75) is 42.6 Å². The van der Waals surface area contributed by atoms with Gasteiger partial charge < -0.3 is 14.9 Å². The number of benzene rings is 1. The van der Waals surface area contributed by atoms with E-state index >= 15 is 0 Å². The van der Waals surface area contributed by atoms with E-state index in [-0.39, 0.29) is 18.4 Å². The van der Waals surface area contributed by atoms with Gasteiger partial charge in [-0.15, -0.1) is 0 Å². The van der Waals surface area contributed by atoms with E-state index in [1.807, 2.05) is 19.2 Å². The van der Waals surface area contributed by atoms with Crippen LogP contribution in [-0.2, 0) is 23.2 Å². The quantitative estimate of drug-likeness (QED) is 0.781. The lowest BCUT2D eigenvalue weighted by atomic mass is 9.51. The average Bonchev–Trinajstić information content (AvgIpc) is 2.90. The summed E-state index contributed by atoms with van der Waals surface area (Å²) in [5.41, 5.74) is 0.956. The minimum atomic E-state index is -1.11. The van der Waals surface area contributed by atoms with Crippen molar-refractivity contribution >= 4 is 5.78 Å². The van der Waals surface area contributed by atoms with Gasteiger partial charge in [0.25, 0.3) is 0 Å². The largest absolute Gasteiger partial charge is 0.481 e. The molecule has 2 aliphatic carbocycles. The first kappa shape index (κ1) is 13.7. The highest BCUT2D eigenvalue weighted by atomic mass is 16.5. The Balaban J connectivity index is 1.89. The van der Waals surface area contributed by atoms with Crippen LogP contribution >= 0.6 is 0 Å². The van der Waals surface area contributed by atoms with Gasteiger partial charge in [-0.2, -0.15) is 0 Å². The monoisotopic (exact) mass is 313 g/mol. The van der Waals surface area contributed by atoms with Gasteiger partial charge in [0, 0.05) is 17.2 Å². The van der Waals surface area contributed by atoms with E-state index in [0.29, 0.717) is 17.7 Å². The molecular formula is C18H19NO4. The fourth-order valence-electron chi connectivity index (χ4n) is 5.32. The summed E-state index contributed by atoms with van der Waals surface area (Å²) in [5, 5.41) is 21.3. The molecule has 0 aromatic heterocycles. The van der Waals surface area contributed by atoms with Gasteiger partial charge in [0.1, 0.15) is 11.4 Å². The standard InChI is InChI=1S/C18H19NO4/c1-19-7-6-17-14-10-2-3-11(9-20)15(14)23-16(17)12(21)4-5-18(17,22)13(19)8-10/h2-5,13,16,20,22H,6-9H2,1H3/t13?,16?,17?,18-/m1/s1. The number of piperidine rings is 1. The van der Waals surface area contributed by atoms with Crippen LogP contribution in [0, 0.1) is 0 Å². The number of rotatable bonds is 1. The summed E-state index contributed by atoms with van der Waals surface area (Å²) >= 11 is 0. The predicted molar refractivity (Wildman–Crippen MR) is 82.3 cm³/mol. The van der Waals surface area contributed by atoms with Crippen molar-refractivity contribution in [2.75, 3.05) is 13.6 Å². The molecule has 23 heavy (non-hydrogen) atoms. The van der Waals surface area contributed by atoms with Crippen molar-refractivity contribution in [1.29, 1.82) is 0 Å². The van der Waals surface area contributed by atoms with Gasteiger partial charge in [0.2, 0.25) is 0 Å². The number of hydrogen-bond acceptors (Lipinski definition) is 5. The van der Waals surface area contributed by atoms with Crippen molar-refractivity contribution in [2.24, 2.45) is 0 Å². The van der Waals surface area contributed by atoms with E-state index in [1.54, 1.807) is 6.08 Å². The molecule has 0 amide bonds. The summed E-state index contributed by atoms with van der Waals surface area (Å²) in [6.07, 6.45) is 3.88. The zero-order valence-corrected chi connectivity index (χ0v) is 13.0. The van der Waals surface area contributed by atoms with E-state index in [9.17, 15) is 15.0 Å². The number of carbonyl (C=O) groups is 1. The molecule has 2 heterocycles. The minimum Gasteiger partial charge on any atom is -0.481 e. The minimum absolute atomic E-state index is 0.0647. The van der Waals surface area contributed by atoms with Crippen LogP contribution in [0.4, 0.5) is 0 Å². The first-order valence-electron chi connectivity index (χ1n) is 8.11. The highest BCUT2D eigenvalue weighted by Crippen LogP contribution is 2.62. The van der Waals surface area contributed by atoms with Gasteiger partial charge in [0.15, 0.2) is 11.9 Å². The molecule has 1 aromatic rings. The Bertz CT molecular complexity index is 773. The van der Waals surface area contributed by atoms with Crippen molar-refractivity contribution in [3.05, 3.63) is 41.0 Å². The highest BCUT2D eigenvalue weighted by Gasteiger charge is 2.71. The molecule has 0 saturated carbocycles. The van der Waals surface area contributed by atoms with Gasteiger partial charge in [-0.3, -0.25) is 9.69 Å². The van der Waals surface area contributed by atoms with Gasteiger partial charge in [0.05, 0.1) is 12.0 Å². The maximum absolute atomic E-state index is 12.5. The van der Waals surface area contributed by atoms with Crippen LogP contribution in [0.5, 0.6) is 5.75 Å². The molecule has 1 spiro atoms. The van der Waals surface area contributed by atoms with E-state index in [1.165, 1.54) is 6.08 Å². The lowest BCUT2D eigenvalue weighted by Crippen LogP contribution is -2.74. The number of ether oxygens (including phenoxy) is 1. The second-order valence-corrected chi connectivity index (χ2v) is 7.23. The van der Waals surface area contributed by atoms with E-state index in [0.717, 1.165) is 24.1 Å². The Kier molecular flexibility index (Phi) is 2.41. The topological polar surface area (TPSA) is 70.0 Å². The fraction of sp³-hybridized carbons (Fsp3) is 0.500. The van der Waals surface area contributed by atoms with Crippen LogP contribution in [-0.4, -0.2) is 52.2 Å². The molecule has 2 N–H and O–H groups in total. The van der Waals surface area contributed by atoms with Crippen LogP contribution in [0.15, 0.2) is 24.3 Å². The Morgan fingerprint density at radius 1 is 1.43 bits per heavy atom. The summed E-state index contributed by atoms with van der Waals surface area (Å²) in [5.74, 6) is 0.527. The molecule has 1 fully saturated rings.